The van der Waals surface area contributed by atoms with Crippen LogP contribution < -0.4 is 5.32 Å². The molecule has 0 unspecified atom stereocenters. The first-order valence-electron chi connectivity index (χ1n) is 8.32. The Balaban J connectivity index is 1.32. The SMILES string of the molecule is O=C(NCc1ccccn1)[C@H]1CO[C@@H]2CN(Cc3ccsc3)C[C@H]12. The van der Waals surface area contributed by atoms with Gasteiger partial charge in [0, 0.05) is 31.7 Å². The van der Waals surface area contributed by atoms with E-state index in [1.54, 1.807) is 17.5 Å². The number of carbonyl (C=O) groups is 1. The number of hydrogen-bond donors (Lipinski definition) is 1. The number of fused-ring (bicyclic) bond motifs is 1. The maximum Gasteiger partial charge on any atom is 0.226 e. The van der Waals surface area contributed by atoms with E-state index in [0.717, 1.165) is 25.3 Å². The molecule has 2 saturated heterocycles. The number of aromatic nitrogens is 1. The van der Waals surface area contributed by atoms with Crippen LogP contribution in [0.3, 0.4) is 0 Å². The maximum absolute atomic E-state index is 12.5. The van der Waals surface area contributed by atoms with E-state index in [4.69, 9.17) is 4.74 Å². The summed E-state index contributed by atoms with van der Waals surface area (Å²) in [6, 6.07) is 7.90. The minimum atomic E-state index is -0.0498. The molecule has 2 fully saturated rings. The lowest BCUT2D eigenvalue weighted by Gasteiger charge is -2.19. The number of rotatable bonds is 5. The van der Waals surface area contributed by atoms with Gasteiger partial charge in [-0.15, -0.1) is 0 Å². The Kier molecular flexibility index (Phi) is 4.60. The lowest BCUT2D eigenvalue weighted by molar-refractivity contribution is -0.126. The Morgan fingerprint density at radius 1 is 1.38 bits per heavy atom. The van der Waals surface area contributed by atoms with Crippen molar-refractivity contribution >= 4 is 17.2 Å². The molecule has 1 amide bonds. The summed E-state index contributed by atoms with van der Waals surface area (Å²) in [7, 11) is 0. The number of likely N-dealkylation sites (tertiary alicyclic amines) is 1. The highest BCUT2D eigenvalue weighted by Gasteiger charge is 2.46. The summed E-state index contributed by atoms with van der Waals surface area (Å²) >= 11 is 1.73. The second kappa shape index (κ2) is 7.01. The molecule has 2 aliphatic heterocycles. The Labute approximate surface area is 145 Å². The molecule has 1 N–H and O–H groups in total. The Bertz CT molecular complexity index is 677. The summed E-state index contributed by atoms with van der Waals surface area (Å²) in [5.74, 6) is 0.337. The maximum atomic E-state index is 12.5. The molecule has 2 aromatic rings. The van der Waals surface area contributed by atoms with Gasteiger partial charge in [-0.2, -0.15) is 11.3 Å². The van der Waals surface area contributed by atoms with E-state index in [1.807, 2.05) is 18.2 Å². The van der Waals surface area contributed by atoms with Crippen molar-refractivity contribution in [2.45, 2.75) is 19.2 Å². The predicted octanol–water partition coefficient (Wildman–Crippen LogP) is 1.91. The summed E-state index contributed by atoms with van der Waals surface area (Å²) in [5, 5.41) is 7.31. The molecule has 0 aromatic carbocycles. The van der Waals surface area contributed by atoms with Crippen molar-refractivity contribution in [1.29, 1.82) is 0 Å². The zero-order valence-corrected chi connectivity index (χ0v) is 14.2. The first kappa shape index (κ1) is 15.7. The number of thiophene rings is 1. The van der Waals surface area contributed by atoms with Gasteiger partial charge in [0.25, 0.3) is 0 Å². The summed E-state index contributed by atoms with van der Waals surface area (Å²) < 4.78 is 5.90. The highest BCUT2D eigenvalue weighted by molar-refractivity contribution is 7.07. The molecule has 126 valence electrons. The summed E-state index contributed by atoms with van der Waals surface area (Å²) in [6.07, 6.45) is 1.93. The van der Waals surface area contributed by atoms with E-state index in [9.17, 15) is 4.79 Å². The third kappa shape index (κ3) is 3.36. The van der Waals surface area contributed by atoms with Gasteiger partial charge < -0.3 is 10.1 Å². The summed E-state index contributed by atoms with van der Waals surface area (Å²) in [5.41, 5.74) is 2.22. The van der Waals surface area contributed by atoms with Crippen molar-refractivity contribution in [2.24, 2.45) is 11.8 Å². The van der Waals surface area contributed by atoms with Gasteiger partial charge in [-0.25, -0.2) is 0 Å². The van der Waals surface area contributed by atoms with Crippen LogP contribution in [0.2, 0.25) is 0 Å². The molecule has 6 heteroatoms. The minimum Gasteiger partial charge on any atom is -0.376 e. The topological polar surface area (TPSA) is 54.5 Å². The molecule has 5 nitrogen and oxygen atoms in total. The first-order chi connectivity index (χ1) is 11.8. The number of ether oxygens (including phenoxy) is 1. The zero-order valence-electron chi connectivity index (χ0n) is 13.4. The number of amides is 1. The Hall–Kier alpha value is -1.76. The monoisotopic (exact) mass is 343 g/mol. The molecule has 3 atom stereocenters. The lowest BCUT2D eigenvalue weighted by atomic mass is 9.92. The first-order valence-corrected chi connectivity index (χ1v) is 9.26. The average molecular weight is 343 g/mol. The number of nitrogens with one attached hydrogen (secondary N) is 1. The molecule has 0 bridgehead atoms. The van der Waals surface area contributed by atoms with Crippen molar-refractivity contribution < 1.29 is 9.53 Å². The average Bonchev–Trinajstić information content (AvgIpc) is 3.31. The Morgan fingerprint density at radius 2 is 2.33 bits per heavy atom. The van der Waals surface area contributed by atoms with Gasteiger partial charge in [0.2, 0.25) is 5.91 Å². The highest BCUT2D eigenvalue weighted by Crippen LogP contribution is 2.34. The molecule has 2 aliphatic rings. The van der Waals surface area contributed by atoms with E-state index in [-0.39, 0.29) is 17.9 Å². The number of nitrogens with zero attached hydrogens (tertiary/aromatic N) is 2. The molecule has 4 rings (SSSR count). The van der Waals surface area contributed by atoms with Gasteiger partial charge >= 0.3 is 0 Å². The van der Waals surface area contributed by atoms with Gasteiger partial charge in [-0.3, -0.25) is 14.7 Å². The van der Waals surface area contributed by atoms with Crippen molar-refractivity contribution in [3.05, 3.63) is 52.5 Å². The fraction of sp³-hybridized carbons (Fsp3) is 0.444. The van der Waals surface area contributed by atoms with Crippen LogP contribution in [0.5, 0.6) is 0 Å². The van der Waals surface area contributed by atoms with E-state index >= 15 is 0 Å². The lowest BCUT2D eigenvalue weighted by Crippen LogP contribution is -2.36. The molecule has 0 radical (unpaired) electrons. The fourth-order valence-electron chi connectivity index (χ4n) is 3.65. The van der Waals surface area contributed by atoms with E-state index in [2.05, 4.69) is 32.0 Å². The van der Waals surface area contributed by atoms with Crippen LogP contribution >= 0.6 is 11.3 Å². The van der Waals surface area contributed by atoms with Crippen molar-refractivity contribution in [2.75, 3.05) is 19.7 Å². The van der Waals surface area contributed by atoms with Gasteiger partial charge in [-0.05, 0) is 34.5 Å². The number of pyridine rings is 1. The van der Waals surface area contributed by atoms with Gasteiger partial charge in [0.15, 0.2) is 0 Å². The summed E-state index contributed by atoms with van der Waals surface area (Å²) in [6.45, 7) is 3.82. The summed E-state index contributed by atoms with van der Waals surface area (Å²) in [4.78, 5) is 19.2. The highest BCUT2D eigenvalue weighted by atomic mass is 32.1. The van der Waals surface area contributed by atoms with Crippen LogP contribution in [-0.2, 0) is 22.6 Å². The molecule has 0 aliphatic carbocycles. The quantitative estimate of drug-likeness (QED) is 0.901. The third-order valence-corrected chi connectivity index (χ3v) is 5.62. The Morgan fingerprint density at radius 3 is 3.12 bits per heavy atom. The second-order valence-electron chi connectivity index (χ2n) is 6.51. The number of hydrogen-bond acceptors (Lipinski definition) is 5. The molecular weight excluding hydrogens is 322 g/mol. The number of carbonyl (C=O) groups excluding carboxylic acids is 1. The van der Waals surface area contributed by atoms with E-state index < -0.39 is 0 Å². The molecule has 4 heterocycles. The van der Waals surface area contributed by atoms with Crippen molar-refractivity contribution in [3.8, 4) is 0 Å². The predicted molar refractivity (Wildman–Crippen MR) is 92.4 cm³/mol. The van der Waals surface area contributed by atoms with E-state index in [1.165, 1.54) is 5.56 Å². The van der Waals surface area contributed by atoms with Gasteiger partial charge in [0.05, 0.1) is 30.9 Å². The largest absolute Gasteiger partial charge is 0.376 e. The zero-order chi connectivity index (χ0) is 16.4. The minimum absolute atomic E-state index is 0.0498. The molecule has 0 spiro atoms. The van der Waals surface area contributed by atoms with Crippen LogP contribution in [0, 0.1) is 11.8 Å². The van der Waals surface area contributed by atoms with Crippen LogP contribution in [0.1, 0.15) is 11.3 Å². The van der Waals surface area contributed by atoms with Crippen LogP contribution in [0.25, 0.3) is 0 Å². The normalized spacial score (nSPS) is 26.4. The van der Waals surface area contributed by atoms with Gasteiger partial charge in [0.1, 0.15) is 0 Å². The second-order valence-corrected chi connectivity index (χ2v) is 7.29. The van der Waals surface area contributed by atoms with Crippen molar-refractivity contribution in [3.63, 3.8) is 0 Å². The van der Waals surface area contributed by atoms with E-state index in [0.29, 0.717) is 19.1 Å². The smallest absolute Gasteiger partial charge is 0.226 e. The molecular formula is C18H21N3O2S. The molecule has 24 heavy (non-hydrogen) atoms. The molecule has 0 saturated carbocycles. The van der Waals surface area contributed by atoms with Crippen LogP contribution in [0.15, 0.2) is 41.2 Å². The van der Waals surface area contributed by atoms with Crippen molar-refractivity contribution in [1.82, 2.24) is 15.2 Å². The standard InChI is InChI=1S/C18H21N3O2S/c22-18(20-7-14-3-1-2-5-19-14)16-11-23-17-10-21(9-15(16)17)8-13-4-6-24-12-13/h1-6,12,15-17H,7-11H2,(H,20,22)/t15-,16+,17-/m1/s1. The van der Waals surface area contributed by atoms with Gasteiger partial charge in [-0.1, -0.05) is 6.07 Å². The molecule has 2 aromatic heterocycles. The third-order valence-electron chi connectivity index (χ3n) is 4.88. The van der Waals surface area contributed by atoms with Crippen LogP contribution in [-0.4, -0.2) is 41.6 Å². The van der Waals surface area contributed by atoms with Crippen LogP contribution in [0.4, 0.5) is 0 Å². The fourth-order valence-corrected chi connectivity index (χ4v) is 4.30.